The first-order chi connectivity index (χ1) is 13.8. The van der Waals surface area contributed by atoms with Gasteiger partial charge in [-0.15, -0.1) is 6.58 Å². The summed E-state index contributed by atoms with van der Waals surface area (Å²) in [6, 6.07) is 32.3. The highest BCUT2D eigenvalue weighted by Crippen LogP contribution is 2.32. The van der Waals surface area contributed by atoms with Crippen molar-refractivity contribution < 1.29 is 4.74 Å². The van der Waals surface area contributed by atoms with Crippen LogP contribution in [0.2, 0.25) is 0 Å². The van der Waals surface area contributed by atoms with E-state index in [9.17, 15) is 0 Å². The van der Waals surface area contributed by atoms with Crippen LogP contribution < -0.4 is 5.32 Å². The molecule has 142 valence electrons. The zero-order chi connectivity index (χ0) is 19.2. The second-order valence-electron chi connectivity index (χ2n) is 7.40. The minimum Gasteiger partial charge on any atom is -0.372 e. The van der Waals surface area contributed by atoms with E-state index in [1.54, 1.807) is 0 Å². The molecule has 3 aromatic rings. The van der Waals surface area contributed by atoms with E-state index < -0.39 is 0 Å². The number of hydrogen-bond acceptors (Lipinski definition) is 2. The van der Waals surface area contributed by atoms with E-state index in [-0.39, 0.29) is 18.2 Å². The van der Waals surface area contributed by atoms with Crippen molar-refractivity contribution in [1.29, 1.82) is 0 Å². The van der Waals surface area contributed by atoms with E-state index in [0.717, 1.165) is 13.0 Å². The summed E-state index contributed by atoms with van der Waals surface area (Å²) in [4.78, 5) is 0. The van der Waals surface area contributed by atoms with Crippen LogP contribution in [0.15, 0.2) is 104 Å². The van der Waals surface area contributed by atoms with Crippen LogP contribution in [0, 0.1) is 0 Å². The van der Waals surface area contributed by atoms with Crippen LogP contribution in [0.5, 0.6) is 0 Å². The molecule has 3 aromatic carbocycles. The van der Waals surface area contributed by atoms with Gasteiger partial charge in [0.05, 0.1) is 18.8 Å². The lowest BCUT2D eigenvalue weighted by atomic mass is 9.87. The van der Waals surface area contributed by atoms with Crippen molar-refractivity contribution in [3.05, 3.63) is 120 Å². The minimum atomic E-state index is 0.00915. The maximum Gasteiger partial charge on any atom is 0.0906 e. The molecule has 0 spiro atoms. The molecular formula is C26H27NO. The molecule has 3 atom stereocenters. The van der Waals surface area contributed by atoms with E-state index >= 15 is 0 Å². The van der Waals surface area contributed by atoms with Crippen LogP contribution in [0.1, 0.15) is 35.1 Å². The molecule has 1 saturated heterocycles. The second-order valence-corrected chi connectivity index (χ2v) is 7.40. The van der Waals surface area contributed by atoms with Crippen molar-refractivity contribution in [3.63, 3.8) is 0 Å². The molecule has 1 heterocycles. The molecule has 0 bridgehead atoms. The van der Waals surface area contributed by atoms with E-state index in [2.05, 4.69) is 103 Å². The number of nitrogens with one attached hydrogen (secondary N) is 1. The van der Waals surface area contributed by atoms with Gasteiger partial charge >= 0.3 is 0 Å². The van der Waals surface area contributed by atoms with E-state index in [0.29, 0.717) is 5.92 Å². The summed E-state index contributed by atoms with van der Waals surface area (Å²) in [5.74, 6) is 0.391. The number of hydrogen-bond donors (Lipinski definition) is 1. The highest BCUT2D eigenvalue weighted by atomic mass is 16.5. The molecule has 0 saturated carbocycles. The van der Waals surface area contributed by atoms with Crippen LogP contribution in [-0.4, -0.2) is 18.8 Å². The van der Waals surface area contributed by atoms with Crippen LogP contribution in [0.4, 0.5) is 0 Å². The van der Waals surface area contributed by atoms with Crippen molar-refractivity contribution in [3.8, 4) is 0 Å². The van der Waals surface area contributed by atoms with E-state index in [1.807, 2.05) is 6.08 Å². The van der Waals surface area contributed by atoms with Crippen molar-refractivity contribution >= 4 is 0 Å². The Kier molecular flexibility index (Phi) is 6.01. The summed E-state index contributed by atoms with van der Waals surface area (Å²) < 4.78 is 6.20. The molecule has 0 amide bonds. The molecule has 28 heavy (non-hydrogen) atoms. The predicted molar refractivity (Wildman–Crippen MR) is 115 cm³/mol. The summed E-state index contributed by atoms with van der Waals surface area (Å²) in [5, 5.41) is 3.89. The first-order valence-electron chi connectivity index (χ1n) is 10.00. The number of rotatable bonds is 6. The number of benzene rings is 3. The third-order valence-electron chi connectivity index (χ3n) is 5.57. The summed E-state index contributed by atoms with van der Waals surface area (Å²) in [6.45, 7) is 4.76. The normalized spacial score (nSPS) is 22.1. The Hall–Kier alpha value is -2.68. The monoisotopic (exact) mass is 369 g/mol. The molecule has 0 radical (unpaired) electrons. The topological polar surface area (TPSA) is 21.3 Å². The smallest absolute Gasteiger partial charge is 0.0906 e. The Labute approximate surface area is 167 Å². The fourth-order valence-corrected chi connectivity index (χ4v) is 4.09. The third kappa shape index (κ3) is 4.24. The third-order valence-corrected chi connectivity index (χ3v) is 5.57. The van der Waals surface area contributed by atoms with Gasteiger partial charge in [-0.1, -0.05) is 97.1 Å². The van der Waals surface area contributed by atoms with Crippen LogP contribution in [0.3, 0.4) is 0 Å². The van der Waals surface area contributed by atoms with Crippen molar-refractivity contribution in [1.82, 2.24) is 5.32 Å². The zero-order valence-corrected chi connectivity index (χ0v) is 16.1. The lowest BCUT2D eigenvalue weighted by molar-refractivity contribution is 0.00546. The zero-order valence-electron chi connectivity index (χ0n) is 16.1. The van der Waals surface area contributed by atoms with Gasteiger partial charge < -0.3 is 10.1 Å². The molecule has 2 nitrogen and oxygen atoms in total. The van der Waals surface area contributed by atoms with Gasteiger partial charge in [0.15, 0.2) is 0 Å². The lowest BCUT2D eigenvalue weighted by Gasteiger charge is -2.38. The summed E-state index contributed by atoms with van der Waals surface area (Å²) in [7, 11) is 0. The van der Waals surface area contributed by atoms with Gasteiger partial charge in [0.2, 0.25) is 0 Å². The van der Waals surface area contributed by atoms with Crippen molar-refractivity contribution in [2.45, 2.75) is 30.5 Å². The largest absolute Gasteiger partial charge is 0.372 e. The van der Waals surface area contributed by atoms with Gasteiger partial charge in [-0.05, 0) is 23.1 Å². The van der Waals surface area contributed by atoms with Crippen LogP contribution in [-0.2, 0) is 4.74 Å². The van der Waals surface area contributed by atoms with Gasteiger partial charge in [0.1, 0.15) is 0 Å². The first kappa shape index (κ1) is 18.7. The Morgan fingerprint density at radius 2 is 1.36 bits per heavy atom. The van der Waals surface area contributed by atoms with Crippen molar-refractivity contribution in [2.24, 2.45) is 0 Å². The highest BCUT2D eigenvalue weighted by molar-refractivity contribution is 5.32. The highest BCUT2D eigenvalue weighted by Gasteiger charge is 2.32. The van der Waals surface area contributed by atoms with E-state index in [1.165, 1.54) is 16.7 Å². The minimum absolute atomic E-state index is 0.00915. The van der Waals surface area contributed by atoms with E-state index in [4.69, 9.17) is 4.74 Å². The van der Waals surface area contributed by atoms with Gasteiger partial charge in [-0.3, -0.25) is 0 Å². The van der Waals surface area contributed by atoms with Gasteiger partial charge in [0, 0.05) is 12.0 Å². The van der Waals surface area contributed by atoms with Crippen LogP contribution >= 0.6 is 0 Å². The fourth-order valence-electron chi connectivity index (χ4n) is 4.09. The fraction of sp³-hybridized carbons (Fsp3) is 0.231. The molecule has 1 aliphatic rings. The Morgan fingerprint density at radius 3 is 1.89 bits per heavy atom. The first-order valence-corrected chi connectivity index (χ1v) is 10.00. The molecule has 1 N–H and O–H groups in total. The van der Waals surface area contributed by atoms with Crippen LogP contribution in [0.25, 0.3) is 0 Å². The van der Waals surface area contributed by atoms with Crippen molar-refractivity contribution in [2.75, 3.05) is 6.61 Å². The number of ether oxygens (including phenoxy) is 1. The summed E-state index contributed by atoms with van der Waals surface area (Å²) in [6.07, 6.45) is 2.97. The molecule has 1 fully saturated rings. The maximum atomic E-state index is 6.20. The molecule has 0 aromatic heterocycles. The second kappa shape index (κ2) is 9.01. The summed E-state index contributed by atoms with van der Waals surface area (Å²) in [5.41, 5.74) is 3.87. The summed E-state index contributed by atoms with van der Waals surface area (Å²) >= 11 is 0. The molecule has 0 unspecified atom stereocenters. The van der Waals surface area contributed by atoms with Gasteiger partial charge in [-0.25, -0.2) is 0 Å². The predicted octanol–water partition coefficient (Wildman–Crippen LogP) is 5.49. The molecular weight excluding hydrogens is 342 g/mol. The molecule has 0 aliphatic carbocycles. The Bertz CT molecular complexity index is 823. The Balaban J connectivity index is 1.61. The Morgan fingerprint density at radius 1 is 0.821 bits per heavy atom. The maximum absolute atomic E-state index is 6.20. The average molecular weight is 370 g/mol. The molecule has 4 rings (SSSR count). The molecule has 2 heteroatoms. The molecule has 1 aliphatic heterocycles. The lowest BCUT2D eigenvalue weighted by Crippen LogP contribution is -2.47. The van der Waals surface area contributed by atoms with Gasteiger partial charge in [0.25, 0.3) is 0 Å². The van der Waals surface area contributed by atoms with Gasteiger partial charge in [-0.2, -0.15) is 0 Å². The quantitative estimate of drug-likeness (QED) is 0.580. The standard InChI is InChI=1S/C26H27NO/c1-2-25-24(18-23(19-28-25)20-12-6-3-7-13-20)27-26(21-14-8-4-9-15-21)22-16-10-5-11-17-22/h2-17,23-27H,1,18-19H2/t23-,24+,25+/m0/s1. The SMILES string of the molecule is C=C[C@H]1OC[C@@H](c2ccccc2)C[C@H]1NC(c1ccccc1)c1ccccc1. The average Bonchev–Trinajstić information content (AvgIpc) is 2.79.